The molecule has 0 unspecified atom stereocenters. The Labute approximate surface area is 139 Å². The van der Waals surface area contributed by atoms with Crippen molar-refractivity contribution in [2.75, 3.05) is 25.3 Å². The molecule has 1 aliphatic rings. The van der Waals surface area contributed by atoms with Crippen LogP contribution in [0.1, 0.15) is 22.1 Å². The number of benzene rings is 1. The third kappa shape index (κ3) is 2.76. The fourth-order valence-electron chi connectivity index (χ4n) is 2.83. The Morgan fingerprint density at radius 1 is 1.30 bits per heavy atom. The number of aryl methyl sites for hydroxylation is 2. The lowest BCUT2D eigenvalue weighted by atomic mass is 10.0. The molecular formula is C16H19N3O3S. The van der Waals surface area contributed by atoms with Gasteiger partial charge < -0.3 is 14.8 Å². The fraction of sp³-hybridized carbons (Fsp3) is 0.375. The Balaban J connectivity index is 2.11. The van der Waals surface area contributed by atoms with Gasteiger partial charge in [0, 0.05) is 12.6 Å². The normalized spacial score (nSPS) is 17.2. The molecule has 0 fully saturated rings. The van der Waals surface area contributed by atoms with Gasteiger partial charge in [0.15, 0.2) is 11.5 Å². The van der Waals surface area contributed by atoms with E-state index in [9.17, 15) is 4.79 Å². The van der Waals surface area contributed by atoms with E-state index < -0.39 is 0 Å². The molecule has 0 radical (unpaired) electrons. The largest absolute Gasteiger partial charge is 0.493 e. The minimum atomic E-state index is -0.0118. The summed E-state index contributed by atoms with van der Waals surface area (Å²) < 4.78 is 12.4. The number of thioether (sulfide) groups is 1. The molecule has 3 rings (SSSR count). The Bertz CT molecular complexity index is 757. The van der Waals surface area contributed by atoms with E-state index in [1.54, 1.807) is 30.7 Å². The number of anilines is 1. The van der Waals surface area contributed by atoms with E-state index in [-0.39, 0.29) is 11.2 Å². The number of hydrogen-bond donors (Lipinski definition) is 1. The molecule has 2 aromatic rings. The molecule has 6 nitrogen and oxygen atoms in total. The van der Waals surface area contributed by atoms with E-state index in [1.165, 1.54) is 0 Å². The Morgan fingerprint density at radius 3 is 2.74 bits per heavy atom. The number of nitrogens with one attached hydrogen (secondary N) is 1. The van der Waals surface area contributed by atoms with E-state index in [2.05, 4.69) is 10.4 Å². The number of amides is 1. The number of carbonyl (C=O) groups excluding carboxylic acids is 1. The average Bonchev–Trinajstić information content (AvgIpc) is 2.72. The van der Waals surface area contributed by atoms with Crippen LogP contribution < -0.4 is 14.8 Å². The Morgan fingerprint density at radius 2 is 2.04 bits per heavy atom. The zero-order valence-corrected chi connectivity index (χ0v) is 14.4. The molecule has 23 heavy (non-hydrogen) atoms. The van der Waals surface area contributed by atoms with Crippen LogP contribution in [0.3, 0.4) is 0 Å². The number of ether oxygens (including phenoxy) is 2. The minimum absolute atomic E-state index is 0.0115. The highest BCUT2D eigenvalue weighted by atomic mass is 32.2. The molecule has 7 heteroatoms. The van der Waals surface area contributed by atoms with E-state index in [1.807, 2.05) is 32.2 Å². The van der Waals surface area contributed by atoms with Gasteiger partial charge in [-0.15, -0.1) is 11.8 Å². The molecule has 0 bridgehead atoms. The van der Waals surface area contributed by atoms with Gasteiger partial charge in [0.2, 0.25) is 5.91 Å². The van der Waals surface area contributed by atoms with E-state index >= 15 is 0 Å². The maximum atomic E-state index is 12.0. The lowest BCUT2D eigenvalue weighted by molar-refractivity contribution is -0.113. The average molecular weight is 333 g/mol. The van der Waals surface area contributed by atoms with Gasteiger partial charge in [0.25, 0.3) is 0 Å². The first-order valence-corrected chi connectivity index (χ1v) is 8.27. The summed E-state index contributed by atoms with van der Waals surface area (Å²) in [5.74, 6) is 2.51. The summed E-state index contributed by atoms with van der Waals surface area (Å²) in [5, 5.41) is 7.41. The highest BCUT2D eigenvalue weighted by Crippen LogP contribution is 2.44. The third-order valence-electron chi connectivity index (χ3n) is 3.88. The predicted molar refractivity (Wildman–Crippen MR) is 90.4 cm³/mol. The number of fused-ring (bicyclic) bond motifs is 1. The van der Waals surface area contributed by atoms with Crippen LogP contribution in [0.15, 0.2) is 18.2 Å². The van der Waals surface area contributed by atoms with Crippen LogP contribution in [0.4, 0.5) is 5.82 Å². The first-order chi connectivity index (χ1) is 11.0. The smallest absolute Gasteiger partial charge is 0.235 e. The summed E-state index contributed by atoms with van der Waals surface area (Å²) in [6.45, 7) is 1.96. The standard InChI is InChI=1S/C16H19N3O3S/c1-9-14-15(10-5-6-11(21-3)12(7-10)22-4)23-8-13(20)17-16(14)19(2)18-9/h5-7,15H,8H2,1-4H3,(H,17,20)/t15-/m0/s1. The van der Waals surface area contributed by atoms with Crippen LogP contribution in [0.5, 0.6) is 11.5 Å². The minimum Gasteiger partial charge on any atom is -0.493 e. The maximum Gasteiger partial charge on any atom is 0.235 e. The van der Waals surface area contributed by atoms with Crippen molar-refractivity contribution in [2.45, 2.75) is 12.2 Å². The van der Waals surface area contributed by atoms with Crippen molar-refractivity contribution in [1.82, 2.24) is 9.78 Å². The number of carbonyl (C=O) groups is 1. The first-order valence-electron chi connectivity index (χ1n) is 7.22. The van der Waals surface area contributed by atoms with Crippen molar-refractivity contribution in [2.24, 2.45) is 7.05 Å². The van der Waals surface area contributed by atoms with Gasteiger partial charge in [-0.3, -0.25) is 9.48 Å². The van der Waals surface area contributed by atoms with Crippen LogP contribution in [0.2, 0.25) is 0 Å². The summed E-state index contributed by atoms with van der Waals surface area (Å²) in [7, 11) is 5.07. The molecule has 0 saturated carbocycles. The van der Waals surface area contributed by atoms with Gasteiger partial charge in [-0.05, 0) is 24.6 Å². The van der Waals surface area contributed by atoms with E-state index in [4.69, 9.17) is 9.47 Å². The van der Waals surface area contributed by atoms with Crippen LogP contribution in [-0.2, 0) is 11.8 Å². The topological polar surface area (TPSA) is 65.4 Å². The summed E-state index contributed by atoms with van der Waals surface area (Å²) in [5.41, 5.74) is 3.01. The van der Waals surface area contributed by atoms with Gasteiger partial charge in [0.05, 0.1) is 30.9 Å². The molecule has 1 amide bonds. The summed E-state index contributed by atoms with van der Waals surface area (Å²) in [6.07, 6.45) is 0. The van der Waals surface area contributed by atoms with Crippen molar-refractivity contribution in [3.8, 4) is 11.5 Å². The molecule has 1 aliphatic heterocycles. The highest BCUT2D eigenvalue weighted by Gasteiger charge is 2.29. The van der Waals surface area contributed by atoms with Gasteiger partial charge in [0.1, 0.15) is 5.82 Å². The van der Waals surface area contributed by atoms with Crippen LogP contribution >= 0.6 is 11.8 Å². The molecule has 1 atom stereocenters. The van der Waals surface area contributed by atoms with Crippen molar-refractivity contribution in [1.29, 1.82) is 0 Å². The number of hydrogen-bond acceptors (Lipinski definition) is 5. The Kier molecular flexibility index (Phi) is 4.21. The van der Waals surface area contributed by atoms with E-state index in [0.717, 1.165) is 22.6 Å². The van der Waals surface area contributed by atoms with Crippen molar-refractivity contribution < 1.29 is 14.3 Å². The predicted octanol–water partition coefficient (Wildman–Crippen LogP) is 2.52. The molecule has 1 N–H and O–H groups in total. The van der Waals surface area contributed by atoms with Crippen molar-refractivity contribution in [3.05, 3.63) is 35.0 Å². The number of nitrogens with zero attached hydrogens (tertiary/aromatic N) is 2. The van der Waals surface area contributed by atoms with Crippen molar-refractivity contribution >= 4 is 23.5 Å². The molecule has 1 aromatic carbocycles. The lowest BCUT2D eigenvalue weighted by Crippen LogP contribution is -2.15. The highest BCUT2D eigenvalue weighted by molar-refractivity contribution is 8.00. The molecule has 1 aromatic heterocycles. The zero-order valence-electron chi connectivity index (χ0n) is 13.5. The fourth-order valence-corrected chi connectivity index (χ4v) is 4.00. The molecule has 0 saturated heterocycles. The van der Waals surface area contributed by atoms with Crippen LogP contribution in [-0.4, -0.2) is 35.7 Å². The molecule has 122 valence electrons. The first kappa shape index (κ1) is 15.7. The summed E-state index contributed by atoms with van der Waals surface area (Å²) in [4.78, 5) is 12.0. The third-order valence-corrected chi connectivity index (χ3v) is 5.15. The number of methoxy groups -OCH3 is 2. The summed E-state index contributed by atoms with van der Waals surface area (Å²) in [6, 6.07) is 5.85. The second kappa shape index (κ2) is 6.16. The molecule has 0 spiro atoms. The lowest BCUT2D eigenvalue weighted by Gasteiger charge is -2.17. The molecular weight excluding hydrogens is 314 g/mol. The van der Waals surface area contributed by atoms with Gasteiger partial charge in [-0.2, -0.15) is 5.10 Å². The molecule has 0 aliphatic carbocycles. The number of aromatic nitrogens is 2. The zero-order chi connectivity index (χ0) is 16.6. The van der Waals surface area contributed by atoms with Crippen LogP contribution in [0.25, 0.3) is 0 Å². The SMILES string of the molecule is COc1ccc([C@@H]2SCC(=O)Nc3c2c(C)nn3C)cc1OC. The second-order valence-electron chi connectivity index (χ2n) is 5.32. The second-order valence-corrected chi connectivity index (χ2v) is 6.42. The number of rotatable bonds is 3. The van der Waals surface area contributed by atoms with Gasteiger partial charge in [-0.1, -0.05) is 6.07 Å². The maximum absolute atomic E-state index is 12.0. The molecule has 2 heterocycles. The van der Waals surface area contributed by atoms with Crippen LogP contribution in [0, 0.1) is 6.92 Å². The van der Waals surface area contributed by atoms with Gasteiger partial charge in [-0.25, -0.2) is 0 Å². The van der Waals surface area contributed by atoms with Crippen molar-refractivity contribution in [3.63, 3.8) is 0 Å². The monoisotopic (exact) mass is 333 g/mol. The van der Waals surface area contributed by atoms with Gasteiger partial charge >= 0.3 is 0 Å². The summed E-state index contributed by atoms with van der Waals surface area (Å²) >= 11 is 1.59. The quantitative estimate of drug-likeness (QED) is 0.935. The van der Waals surface area contributed by atoms with E-state index in [0.29, 0.717) is 17.3 Å². The Hall–Kier alpha value is -2.15.